The van der Waals surface area contributed by atoms with E-state index in [9.17, 15) is 4.79 Å². The van der Waals surface area contributed by atoms with E-state index in [-0.39, 0.29) is 24.4 Å². The molecule has 112 valence electrons. The number of carbonyl (C=O) groups excluding carboxylic acids is 1. The third kappa shape index (κ3) is 2.56. The first-order valence-electron chi connectivity index (χ1n) is 6.70. The van der Waals surface area contributed by atoms with Gasteiger partial charge in [0.15, 0.2) is 5.82 Å². The minimum Gasteiger partial charge on any atom is -0.333 e. The van der Waals surface area contributed by atoms with Crippen LogP contribution >= 0.6 is 23.7 Å². The summed E-state index contributed by atoms with van der Waals surface area (Å²) < 4.78 is 5.26. The number of nitrogens with one attached hydrogen (secondary N) is 1. The highest BCUT2D eigenvalue weighted by Crippen LogP contribution is 2.28. The Kier molecular flexibility index (Phi) is 3.97. The molecule has 1 N–H and O–H groups in total. The van der Waals surface area contributed by atoms with Crippen LogP contribution in [0.3, 0.4) is 0 Å². The number of aromatic nitrogens is 2. The van der Waals surface area contributed by atoms with E-state index in [0.717, 1.165) is 17.8 Å². The third-order valence-corrected chi connectivity index (χ3v) is 4.80. The normalized spacial score (nSPS) is 24.2. The van der Waals surface area contributed by atoms with Gasteiger partial charge in [-0.2, -0.15) is 4.98 Å². The maximum Gasteiger partial charge on any atom is 0.268 e. The van der Waals surface area contributed by atoms with Crippen molar-refractivity contribution in [1.82, 2.24) is 20.4 Å². The molecule has 21 heavy (non-hydrogen) atoms. The van der Waals surface area contributed by atoms with Crippen molar-refractivity contribution in [1.29, 1.82) is 0 Å². The Hall–Kier alpha value is -1.44. The second kappa shape index (κ2) is 5.75. The van der Waals surface area contributed by atoms with Crippen molar-refractivity contribution >= 4 is 29.7 Å². The Morgan fingerprint density at radius 1 is 1.52 bits per heavy atom. The molecule has 0 aromatic carbocycles. The van der Waals surface area contributed by atoms with E-state index in [1.807, 2.05) is 22.4 Å². The van der Waals surface area contributed by atoms with Gasteiger partial charge in [-0.3, -0.25) is 4.79 Å². The molecule has 2 fully saturated rings. The number of thiophene rings is 1. The molecule has 0 aliphatic carbocycles. The van der Waals surface area contributed by atoms with Crippen molar-refractivity contribution in [2.75, 3.05) is 6.54 Å². The molecule has 2 aromatic rings. The summed E-state index contributed by atoms with van der Waals surface area (Å²) >= 11 is 1.56. The van der Waals surface area contributed by atoms with Crippen molar-refractivity contribution in [3.05, 3.63) is 23.3 Å². The molecule has 6 nitrogen and oxygen atoms in total. The molecule has 0 saturated carbocycles. The number of hydrogen-bond acceptors (Lipinski definition) is 6. The van der Waals surface area contributed by atoms with E-state index in [1.165, 1.54) is 0 Å². The van der Waals surface area contributed by atoms with E-state index >= 15 is 0 Å². The molecule has 0 radical (unpaired) electrons. The first kappa shape index (κ1) is 14.5. The van der Waals surface area contributed by atoms with Crippen LogP contribution in [0.25, 0.3) is 10.8 Å². The lowest BCUT2D eigenvalue weighted by atomic mass is 10.1. The summed E-state index contributed by atoms with van der Waals surface area (Å²) in [5, 5.41) is 9.33. The van der Waals surface area contributed by atoms with E-state index < -0.39 is 0 Å². The zero-order valence-corrected chi connectivity index (χ0v) is 12.8. The zero-order valence-electron chi connectivity index (χ0n) is 11.2. The van der Waals surface area contributed by atoms with Crippen LogP contribution in [0.5, 0.6) is 0 Å². The molecule has 4 rings (SSSR count). The van der Waals surface area contributed by atoms with Crippen molar-refractivity contribution in [2.45, 2.75) is 31.5 Å². The minimum absolute atomic E-state index is 0. The van der Waals surface area contributed by atoms with Gasteiger partial charge in [-0.25, -0.2) is 0 Å². The Morgan fingerprint density at radius 3 is 3.24 bits per heavy atom. The van der Waals surface area contributed by atoms with E-state index in [0.29, 0.717) is 30.7 Å². The number of fused-ring (bicyclic) bond motifs is 1. The van der Waals surface area contributed by atoms with Gasteiger partial charge in [0.2, 0.25) is 5.91 Å². The molecule has 4 heterocycles. The Bertz CT molecular complexity index is 630. The summed E-state index contributed by atoms with van der Waals surface area (Å²) in [5.74, 6) is 1.28. The third-order valence-electron chi connectivity index (χ3n) is 3.94. The lowest BCUT2D eigenvalue weighted by Crippen LogP contribution is -2.35. The quantitative estimate of drug-likeness (QED) is 0.929. The molecule has 0 bridgehead atoms. The van der Waals surface area contributed by atoms with Crippen LogP contribution < -0.4 is 5.32 Å². The van der Waals surface area contributed by atoms with E-state index in [4.69, 9.17) is 4.52 Å². The lowest BCUT2D eigenvalue weighted by Gasteiger charge is -2.21. The summed E-state index contributed by atoms with van der Waals surface area (Å²) in [4.78, 5) is 19.3. The van der Waals surface area contributed by atoms with E-state index in [2.05, 4.69) is 15.5 Å². The van der Waals surface area contributed by atoms with Crippen molar-refractivity contribution in [3.63, 3.8) is 0 Å². The summed E-state index contributed by atoms with van der Waals surface area (Å²) in [6.07, 6.45) is 1.59. The largest absolute Gasteiger partial charge is 0.333 e. The number of nitrogens with zero attached hydrogens (tertiary/aromatic N) is 3. The number of carbonyl (C=O) groups is 1. The fourth-order valence-electron chi connectivity index (χ4n) is 3.00. The summed E-state index contributed by atoms with van der Waals surface area (Å²) in [5.41, 5.74) is 0. The number of amides is 1. The van der Waals surface area contributed by atoms with Gasteiger partial charge < -0.3 is 14.7 Å². The highest BCUT2D eigenvalue weighted by Gasteiger charge is 2.42. The van der Waals surface area contributed by atoms with Crippen LogP contribution in [-0.4, -0.2) is 39.6 Å². The van der Waals surface area contributed by atoms with Gasteiger partial charge >= 0.3 is 0 Å². The molecular formula is C13H15ClN4O2S. The molecule has 8 heteroatoms. The highest BCUT2D eigenvalue weighted by atomic mass is 35.5. The monoisotopic (exact) mass is 326 g/mol. The molecule has 2 aromatic heterocycles. The van der Waals surface area contributed by atoms with Crippen molar-refractivity contribution in [3.8, 4) is 10.8 Å². The van der Waals surface area contributed by atoms with Crippen LogP contribution in [0.1, 0.15) is 18.7 Å². The second-order valence-electron chi connectivity index (χ2n) is 5.14. The van der Waals surface area contributed by atoms with Gasteiger partial charge in [0.1, 0.15) is 0 Å². The van der Waals surface area contributed by atoms with Crippen LogP contribution in [0.15, 0.2) is 22.0 Å². The second-order valence-corrected chi connectivity index (χ2v) is 6.08. The predicted molar refractivity (Wildman–Crippen MR) is 80.2 cm³/mol. The van der Waals surface area contributed by atoms with Crippen LogP contribution in [0.2, 0.25) is 0 Å². The van der Waals surface area contributed by atoms with Gasteiger partial charge in [-0.15, -0.1) is 23.7 Å². The lowest BCUT2D eigenvalue weighted by molar-refractivity contribution is -0.129. The van der Waals surface area contributed by atoms with Crippen LogP contribution in [0.4, 0.5) is 0 Å². The molecule has 2 atom stereocenters. The number of likely N-dealkylation sites (tertiary alicyclic amines) is 1. The van der Waals surface area contributed by atoms with Gasteiger partial charge in [0.25, 0.3) is 5.89 Å². The van der Waals surface area contributed by atoms with Gasteiger partial charge in [0, 0.05) is 18.5 Å². The number of rotatable bonds is 3. The molecule has 2 saturated heterocycles. The average molecular weight is 327 g/mol. The fraction of sp³-hybridized carbons (Fsp3) is 0.462. The van der Waals surface area contributed by atoms with E-state index in [1.54, 1.807) is 11.3 Å². The highest BCUT2D eigenvalue weighted by molar-refractivity contribution is 7.13. The smallest absolute Gasteiger partial charge is 0.268 e. The Labute approximate surface area is 131 Å². The average Bonchev–Trinajstić information content (AvgIpc) is 3.17. The fourth-order valence-corrected chi connectivity index (χ4v) is 3.65. The topological polar surface area (TPSA) is 71.3 Å². The van der Waals surface area contributed by atoms with Gasteiger partial charge in [-0.1, -0.05) is 11.2 Å². The molecule has 0 unspecified atom stereocenters. The molecule has 2 aliphatic heterocycles. The maximum atomic E-state index is 12.0. The summed E-state index contributed by atoms with van der Waals surface area (Å²) in [7, 11) is 0. The molecule has 1 amide bonds. The number of halogens is 1. The maximum absolute atomic E-state index is 12.0. The number of hydrogen-bond donors (Lipinski definition) is 1. The van der Waals surface area contributed by atoms with Crippen molar-refractivity contribution in [2.24, 2.45) is 0 Å². The summed E-state index contributed by atoms with van der Waals surface area (Å²) in [6, 6.07) is 4.47. The first-order chi connectivity index (χ1) is 9.81. The van der Waals surface area contributed by atoms with Gasteiger partial charge in [0.05, 0.1) is 11.4 Å². The Balaban J connectivity index is 0.00000132. The van der Waals surface area contributed by atoms with Gasteiger partial charge in [-0.05, 0) is 24.4 Å². The first-order valence-corrected chi connectivity index (χ1v) is 7.58. The van der Waals surface area contributed by atoms with Crippen molar-refractivity contribution < 1.29 is 9.32 Å². The van der Waals surface area contributed by atoms with Crippen LogP contribution in [0, 0.1) is 0 Å². The SMILES string of the molecule is Cl.O=C1C[C@H]2NCC[C@H]2N1Cc1noc(-c2cccs2)n1. The van der Waals surface area contributed by atoms with Crippen LogP contribution in [-0.2, 0) is 11.3 Å². The molecular weight excluding hydrogens is 312 g/mol. The standard InChI is InChI=1S/C13H14N4O2S.ClH/c18-12-6-8-9(3-4-14-8)17(12)7-11-15-13(19-16-11)10-2-1-5-20-10;/h1-2,5,8-9,14H,3-4,6-7H2;1H/t8-,9-;/m1./s1. The summed E-state index contributed by atoms with van der Waals surface area (Å²) in [6.45, 7) is 1.42. The predicted octanol–water partition coefficient (Wildman–Crippen LogP) is 1.68. The molecule has 2 aliphatic rings. The molecule has 0 spiro atoms. The minimum atomic E-state index is 0. The zero-order chi connectivity index (χ0) is 13.5. The Morgan fingerprint density at radius 2 is 2.43 bits per heavy atom.